The number of allylic oxidation sites excluding steroid dienone is 2. The minimum absolute atomic E-state index is 0. The Labute approximate surface area is 212 Å². The van der Waals surface area contributed by atoms with Gasteiger partial charge >= 0.3 is 29.1 Å². The van der Waals surface area contributed by atoms with Gasteiger partial charge in [0.2, 0.25) is 0 Å². The summed E-state index contributed by atoms with van der Waals surface area (Å²) in [5.74, 6) is -3.95. The van der Waals surface area contributed by atoms with E-state index in [9.17, 15) is 35.9 Å². The molecular weight excluding hydrogens is 569 g/mol. The van der Waals surface area contributed by atoms with E-state index in [0.717, 1.165) is 23.5 Å². The van der Waals surface area contributed by atoms with Crippen LogP contribution in [-0.2, 0) is 26.4 Å². The standard InChI is InChI=1S/2C10H6F3NO2S.Co/c2*11-10(12,13)8(16)4-9-14-6-3-5(15)1-2-7(6)17-9;/h2*1-4H,(H2,14,15,16);/q;;+2/p-2. The van der Waals surface area contributed by atoms with Gasteiger partial charge in [-0.15, -0.1) is 34.9 Å². The van der Waals surface area contributed by atoms with E-state index in [1.807, 2.05) is 0 Å². The average Bonchev–Trinajstić information content (AvgIpc) is 3.28. The molecule has 2 N–H and O–H groups in total. The average molecular weight is 579 g/mol. The topological polar surface area (TPSA) is 103 Å². The van der Waals surface area contributed by atoms with Crippen LogP contribution in [0.5, 0.6) is 11.5 Å². The molecule has 0 saturated carbocycles. The number of halogens is 6. The van der Waals surface area contributed by atoms with Crippen molar-refractivity contribution in [2.45, 2.75) is 22.1 Å². The molecule has 2 heterocycles. The Bertz CT molecular complexity index is 1120. The molecular formula is C20H10CoF6N2O4S2. The van der Waals surface area contributed by atoms with E-state index in [-0.39, 0.29) is 38.3 Å². The number of hydrogen-bond donors (Lipinski definition) is 2. The number of fused-ring (bicyclic) bond motifs is 2. The summed E-state index contributed by atoms with van der Waals surface area (Å²) in [6, 6.07) is 8.49. The number of benzene rings is 2. The number of carbonyl (C=O) groups excluding carboxylic acids is 2. The van der Waals surface area contributed by atoms with Crippen LogP contribution in [0.25, 0.3) is 10.6 Å². The second-order valence-corrected chi connectivity index (χ2v) is 8.55. The van der Waals surface area contributed by atoms with Gasteiger partial charge in [-0.05, 0) is 58.3 Å². The third kappa shape index (κ3) is 7.61. The molecule has 4 rings (SSSR count). The number of rotatable bonds is 2. The molecule has 187 valence electrons. The maximum Gasteiger partial charge on any atom is 2.00 e. The number of carbonyl (C=O) groups is 2. The zero-order valence-corrected chi connectivity index (χ0v) is 19.3. The third-order valence-electron chi connectivity index (χ3n) is 3.84. The second kappa shape index (κ2) is 10.9. The van der Waals surface area contributed by atoms with Crippen molar-refractivity contribution in [1.82, 2.24) is 0 Å². The molecule has 0 spiro atoms. The number of alkyl halides is 6. The molecule has 2 aliphatic heterocycles. The normalized spacial score (nSPS) is 16.3. The van der Waals surface area contributed by atoms with Gasteiger partial charge in [-0.2, -0.15) is 26.3 Å². The minimum atomic E-state index is -4.89. The van der Waals surface area contributed by atoms with Crippen molar-refractivity contribution in [3.63, 3.8) is 0 Å². The molecule has 6 nitrogen and oxygen atoms in total. The molecule has 0 unspecified atom stereocenters. The summed E-state index contributed by atoms with van der Waals surface area (Å²) in [6.07, 6.45) is -8.89. The van der Waals surface area contributed by atoms with Crippen LogP contribution >= 0.6 is 23.5 Å². The quantitative estimate of drug-likeness (QED) is 0.295. The van der Waals surface area contributed by atoms with Crippen molar-refractivity contribution < 1.29 is 62.9 Å². The molecule has 2 aliphatic rings. The van der Waals surface area contributed by atoms with Gasteiger partial charge in [0.1, 0.15) is 11.5 Å². The van der Waals surface area contributed by atoms with E-state index in [2.05, 4.69) is 10.6 Å². The van der Waals surface area contributed by atoms with Crippen molar-refractivity contribution in [3.05, 3.63) is 69.2 Å². The maximum atomic E-state index is 12.0. The summed E-state index contributed by atoms with van der Waals surface area (Å²) in [5, 5.41) is 25.9. The largest absolute Gasteiger partial charge is 2.00 e. The number of thioether (sulfide) groups is 2. The van der Waals surface area contributed by atoms with Crippen LogP contribution in [0.3, 0.4) is 0 Å². The molecule has 1 radical (unpaired) electrons. The first-order chi connectivity index (χ1) is 15.7. The van der Waals surface area contributed by atoms with Crippen LogP contribution in [0.2, 0.25) is 0 Å². The summed E-state index contributed by atoms with van der Waals surface area (Å²) in [5.41, 5.74) is 0.715. The number of phenolic OH excluding ortho intramolecular Hbond substituents is 2. The molecule has 0 bridgehead atoms. The maximum absolute atomic E-state index is 12.0. The Morgan fingerprint density at radius 2 is 1.06 bits per heavy atom. The zero-order chi connectivity index (χ0) is 25.3. The fraction of sp³-hybridized carbons (Fsp3) is 0.100. The van der Waals surface area contributed by atoms with Gasteiger partial charge < -0.3 is 20.8 Å². The summed E-state index contributed by atoms with van der Waals surface area (Å²) in [7, 11) is 0. The summed E-state index contributed by atoms with van der Waals surface area (Å²) >= 11 is 1.90. The van der Waals surface area contributed by atoms with E-state index in [1.54, 1.807) is 0 Å². The Morgan fingerprint density at radius 1 is 0.714 bits per heavy atom. The van der Waals surface area contributed by atoms with Crippen molar-refractivity contribution in [3.8, 4) is 11.5 Å². The molecule has 2 aromatic rings. The number of hydrogen-bond acceptors (Lipinski definition) is 6. The molecule has 15 heteroatoms. The Kier molecular flexibility index (Phi) is 8.86. The van der Waals surface area contributed by atoms with Gasteiger partial charge in [0.15, 0.2) is 0 Å². The number of aromatic hydroxyl groups is 2. The third-order valence-corrected chi connectivity index (χ3v) is 5.81. The molecule has 35 heavy (non-hydrogen) atoms. The first-order valence-corrected chi connectivity index (χ1v) is 10.5. The molecule has 0 aromatic heterocycles. The van der Waals surface area contributed by atoms with Gasteiger partial charge in [0.05, 0.1) is 0 Å². The van der Waals surface area contributed by atoms with E-state index in [1.165, 1.54) is 36.4 Å². The van der Waals surface area contributed by atoms with Crippen molar-refractivity contribution >= 4 is 46.5 Å². The molecule has 0 atom stereocenters. The van der Waals surface area contributed by atoms with Gasteiger partial charge in [-0.3, -0.25) is 9.59 Å². The summed E-state index contributed by atoms with van der Waals surface area (Å²) in [4.78, 5) is 22.6. The van der Waals surface area contributed by atoms with Crippen LogP contribution in [0.4, 0.5) is 37.7 Å². The smallest absolute Gasteiger partial charge is 0.651 e. The number of nitrogens with zero attached hydrogens (tertiary/aromatic N) is 2. The first-order valence-electron chi connectivity index (χ1n) is 8.83. The Hall–Kier alpha value is -2.75. The molecule has 0 saturated heterocycles. The van der Waals surface area contributed by atoms with Gasteiger partial charge in [0.25, 0.3) is 11.6 Å². The van der Waals surface area contributed by atoms with Gasteiger partial charge in [-0.1, -0.05) is 10.1 Å². The number of phenols is 2. The molecule has 2 aromatic carbocycles. The van der Waals surface area contributed by atoms with E-state index in [0.29, 0.717) is 33.3 Å². The monoisotopic (exact) mass is 579 g/mol. The summed E-state index contributed by atoms with van der Waals surface area (Å²) < 4.78 is 72.1. The van der Waals surface area contributed by atoms with Crippen LogP contribution in [-0.4, -0.2) is 34.1 Å². The fourth-order valence-electron chi connectivity index (χ4n) is 2.38. The van der Waals surface area contributed by atoms with Crippen LogP contribution in [0, 0.1) is 0 Å². The number of ketones is 2. The van der Waals surface area contributed by atoms with Crippen molar-refractivity contribution in [2.24, 2.45) is 0 Å². The van der Waals surface area contributed by atoms with Crippen molar-refractivity contribution in [2.75, 3.05) is 0 Å². The Balaban J connectivity index is 0.000000240. The van der Waals surface area contributed by atoms with Crippen molar-refractivity contribution in [1.29, 1.82) is 0 Å². The van der Waals surface area contributed by atoms with E-state index >= 15 is 0 Å². The van der Waals surface area contributed by atoms with E-state index in [4.69, 9.17) is 10.2 Å². The summed E-state index contributed by atoms with van der Waals surface area (Å²) in [6.45, 7) is 0. The predicted octanol–water partition coefficient (Wildman–Crippen LogP) is 6.95. The molecule has 0 aliphatic carbocycles. The van der Waals surface area contributed by atoms with Crippen LogP contribution < -0.4 is 0 Å². The zero-order valence-electron chi connectivity index (χ0n) is 16.6. The van der Waals surface area contributed by atoms with Crippen LogP contribution in [0.15, 0.2) is 68.4 Å². The van der Waals surface area contributed by atoms with E-state index < -0.39 is 23.9 Å². The predicted molar refractivity (Wildman–Crippen MR) is 112 cm³/mol. The van der Waals surface area contributed by atoms with Gasteiger partial charge in [-0.25, -0.2) is 0 Å². The minimum Gasteiger partial charge on any atom is -0.651 e. The van der Waals surface area contributed by atoms with Gasteiger partial charge in [0, 0.05) is 0 Å². The van der Waals surface area contributed by atoms with Crippen LogP contribution in [0.1, 0.15) is 0 Å². The Morgan fingerprint density at radius 3 is 1.37 bits per heavy atom. The first kappa shape index (κ1) is 28.5. The molecule has 0 amide bonds. The second-order valence-electron chi connectivity index (χ2n) is 6.42. The SMILES string of the molecule is O=C(/C=C1\[N-]c2cc(O)ccc2S1)C(F)(F)F.O=C(/C=C1\[N-]c2cc(O)ccc2S1)C(F)(F)F.[Co+2]. The fourth-order valence-corrected chi connectivity index (χ4v) is 4.14. The molecule has 0 fully saturated rings.